The van der Waals surface area contributed by atoms with Crippen LogP contribution in [0.2, 0.25) is 0 Å². The maximum Gasteiger partial charge on any atom is 0.211 e. The van der Waals surface area contributed by atoms with Gasteiger partial charge in [-0.05, 0) is 26.3 Å². The molecule has 0 saturated carbocycles. The first-order valence-electron chi connectivity index (χ1n) is 5.03. The van der Waals surface area contributed by atoms with Crippen LogP contribution in [0.5, 0.6) is 0 Å². The molecule has 0 rings (SSSR count). The number of hydrogen-bond acceptors (Lipinski definition) is 3. The molecule has 0 aliphatic rings. The highest BCUT2D eigenvalue weighted by atomic mass is 32.2. The van der Waals surface area contributed by atoms with E-state index in [-0.39, 0.29) is 17.5 Å². The molecule has 0 amide bonds. The van der Waals surface area contributed by atoms with Crippen molar-refractivity contribution in [2.45, 2.75) is 34.1 Å². The predicted molar refractivity (Wildman–Crippen MR) is 61.1 cm³/mol. The molecule has 0 aliphatic heterocycles. The normalized spacial score (nSPS) is 15.0. The lowest BCUT2D eigenvalue weighted by molar-refractivity contribution is -0.125. The highest BCUT2D eigenvalue weighted by Gasteiger charge is 2.27. The van der Waals surface area contributed by atoms with Crippen LogP contribution >= 0.6 is 0 Å². The molecule has 0 aromatic rings. The van der Waals surface area contributed by atoms with Gasteiger partial charge in [-0.15, -0.1) is 0 Å². The van der Waals surface area contributed by atoms with Gasteiger partial charge in [0.15, 0.2) is 0 Å². The number of nitrogens with one attached hydrogen (secondary N) is 1. The van der Waals surface area contributed by atoms with Crippen molar-refractivity contribution in [2.24, 2.45) is 11.3 Å². The largest absolute Gasteiger partial charge is 0.299 e. The summed E-state index contributed by atoms with van der Waals surface area (Å²) in [7, 11) is -1.78. The number of carbonyl (C=O) groups excluding carboxylic acids is 1. The molecule has 0 aromatic heterocycles. The Morgan fingerprint density at radius 2 is 1.87 bits per heavy atom. The number of carbonyl (C=O) groups is 1. The zero-order chi connectivity index (χ0) is 12.3. The first-order chi connectivity index (χ1) is 6.60. The van der Waals surface area contributed by atoms with E-state index in [9.17, 15) is 13.2 Å². The second kappa shape index (κ2) is 5.07. The minimum absolute atomic E-state index is 0.0265. The summed E-state index contributed by atoms with van der Waals surface area (Å²) in [6.07, 6.45) is 0.587. The van der Waals surface area contributed by atoms with Gasteiger partial charge in [-0.2, -0.15) is 0 Å². The van der Waals surface area contributed by atoms with E-state index >= 15 is 0 Å². The molecule has 4 nitrogen and oxygen atoms in total. The van der Waals surface area contributed by atoms with E-state index in [1.165, 1.54) is 7.05 Å². The first kappa shape index (κ1) is 14.6. The number of rotatable bonds is 6. The topological polar surface area (TPSA) is 63.2 Å². The van der Waals surface area contributed by atoms with Crippen molar-refractivity contribution in [3.05, 3.63) is 0 Å². The van der Waals surface area contributed by atoms with Crippen molar-refractivity contribution in [3.8, 4) is 0 Å². The summed E-state index contributed by atoms with van der Waals surface area (Å²) in [6, 6.07) is 0. The number of sulfonamides is 1. The van der Waals surface area contributed by atoms with Crippen LogP contribution in [0.25, 0.3) is 0 Å². The highest BCUT2D eigenvalue weighted by Crippen LogP contribution is 2.26. The molecule has 0 aromatic carbocycles. The van der Waals surface area contributed by atoms with Crippen molar-refractivity contribution in [2.75, 3.05) is 12.8 Å². The lowest BCUT2D eigenvalue weighted by atomic mass is 9.81. The van der Waals surface area contributed by atoms with Gasteiger partial charge in [-0.1, -0.05) is 20.8 Å². The summed E-state index contributed by atoms with van der Waals surface area (Å²) in [5, 5.41) is 0. The lowest BCUT2D eigenvalue weighted by Crippen LogP contribution is -2.30. The van der Waals surface area contributed by atoms with Gasteiger partial charge >= 0.3 is 0 Å². The third kappa shape index (κ3) is 5.28. The Balaban J connectivity index is 4.40. The summed E-state index contributed by atoms with van der Waals surface area (Å²) in [4.78, 5) is 11.3. The fraction of sp³-hybridized carbons (Fsp3) is 0.900. The Morgan fingerprint density at radius 1 is 1.40 bits per heavy atom. The predicted octanol–water partition coefficient (Wildman–Crippen LogP) is 1.18. The third-order valence-electron chi connectivity index (χ3n) is 2.63. The van der Waals surface area contributed by atoms with Crippen LogP contribution < -0.4 is 4.72 Å². The molecule has 0 fully saturated rings. The zero-order valence-corrected chi connectivity index (χ0v) is 10.9. The first-order valence-corrected chi connectivity index (χ1v) is 6.68. The highest BCUT2D eigenvalue weighted by molar-refractivity contribution is 7.89. The molecule has 0 heterocycles. The molecular weight excluding hydrogens is 214 g/mol. The maximum atomic E-state index is 11.3. The smallest absolute Gasteiger partial charge is 0.211 e. The molecule has 0 saturated heterocycles. The van der Waals surface area contributed by atoms with Crippen LogP contribution in [0.15, 0.2) is 0 Å². The van der Waals surface area contributed by atoms with Crippen LogP contribution in [-0.2, 0) is 14.8 Å². The van der Waals surface area contributed by atoms with Gasteiger partial charge in [0.2, 0.25) is 10.0 Å². The molecule has 1 N–H and O–H groups in total. The fourth-order valence-electron chi connectivity index (χ4n) is 1.53. The van der Waals surface area contributed by atoms with Crippen molar-refractivity contribution in [1.29, 1.82) is 0 Å². The number of ketones is 1. The molecule has 5 heteroatoms. The lowest BCUT2D eigenvalue weighted by Gasteiger charge is -2.24. The van der Waals surface area contributed by atoms with Crippen molar-refractivity contribution in [3.63, 3.8) is 0 Å². The van der Waals surface area contributed by atoms with Gasteiger partial charge in [-0.25, -0.2) is 13.1 Å². The van der Waals surface area contributed by atoms with Crippen LogP contribution in [0, 0.1) is 11.3 Å². The Labute approximate surface area is 92.5 Å². The monoisotopic (exact) mass is 235 g/mol. The SMILES string of the molecule is CNS(=O)(=O)CC(C)CC(C)(C)C(C)=O. The number of hydrogen-bond donors (Lipinski definition) is 1. The summed E-state index contributed by atoms with van der Waals surface area (Å²) < 4.78 is 24.8. The van der Waals surface area contributed by atoms with Crippen molar-refractivity contribution in [1.82, 2.24) is 4.72 Å². The van der Waals surface area contributed by atoms with Crippen molar-refractivity contribution >= 4 is 15.8 Å². The van der Waals surface area contributed by atoms with E-state index in [0.717, 1.165) is 0 Å². The third-order valence-corrected chi connectivity index (χ3v) is 4.26. The Kier molecular flexibility index (Phi) is 4.93. The molecular formula is C10H21NO3S. The standard InChI is InChI=1S/C10H21NO3S/c1-8(7-15(13,14)11-5)6-10(3,4)9(2)12/h8,11H,6-7H2,1-5H3. The number of Topliss-reactive ketones (excluding diaryl/α,β-unsaturated/α-hetero) is 1. The summed E-state index contributed by atoms with van der Waals surface area (Å²) >= 11 is 0. The molecule has 1 unspecified atom stereocenters. The van der Waals surface area contributed by atoms with E-state index in [1.54, 1.807) is 6.92 Å². The molecule has 15 heavy (non-hydrogen) atoms. The van der Waals surface area contributed by atoms with Crippen LogP contribution in [-0.4, -0.2) is 27.0 Å². The quantitative estimate of drug-likeness (QED) is 0.752. The van der Waals surface area contributed by atoms with E-state index in [0.29, 0.717) is 6.42 Å². The van der Waals surface area contributed by atoms with E-state index in [4.69, 9.17) is 0 Å². The van der Waals surface area contributed by atoms with Gasteiger partial charge < -0.3 is 0 Å². The Bertz CT molecular complexity index is 320. The van der Waals surface area contributed by atoms with E-state index in [1.807, 2.05) is 20.8 Å². The van der Waals surface area contributed by atoms with E-state index < -0.39 is 15.4 Å². The second-order valence-corrected chi connectivity index (χ2v) is 6.71. The molecule has 0 aliphatic carbocycles. The minimum Gasteiger partial charge on any atom is -0.299 e. The van der Waals surface area contributed by atoms with Gasteiger partial charge in [0.05, 0.1) is 5.75 Å². The zero-order valence-electron chi connectivity index (χ0n) is 10.1. The average molecular weight is 235 g/mol. The summed E-state index contributed by atoms with van der Waals surface area (Å²) in [5.41, 5.74) is -0.442. The molecule has 0 spiro atoms. The van der Waals surface area contributed by atoms with Crippen LogP contribution in [0.1, 0.15) is 34.1 Å². The summed E-state index contributed by atoms with van der Waals surface area (Å²) in [5.74, 6) is 0.137. The molecule has 1 atom stereocenters. The molecule has 0 bridgehead atoms. The van der Waals surface area contributed by atoms with Gasteiger partial charge in [0.25, 0.3) is 0 Å². The maximum absolute atomic E-state index is 11.3. The minimum atomic E-state index is -3.18. The van der Waals surface area contributed by atoms with Crippen LogP contribution in [0.4, 0.5) is 0 Å². The molecule has 0 radical (unpaired) electrons. The van der Waals surface area contributed by atoms with Gasteiger partial charge in [0.1, 0.15) is 5.78 Å². The van der Waals surface area contributed by atoms with Gasteiger partial charge in [-0.3, -0.25) is 4.79 Å². The van der Waals surface area contributed by atoms with Crippen LogP contribution in [0.3, 0.4) is 0 Å². The van der Waals surface area contributed by atoms with Gasteiger partial charge in [0, 0.05) is 5.41 Å². The van der Waals surface area contributed by atoms with E-state index in [2.05, 4.69) is 4.72 Å². The van der Waals surface area contributed by atoms with Crippen molar-refractivity contribution < 1.29 is 13.2 Å². The Hall–Kier alpha value is -0.420. The fourth-order valence-corrected chi connectivity index (χ4v) is 2.57. The average Bonchev–Trinajstić information content (AvgIpc) is 2.01. The Morgan fingerprint density at radius 3 is 2.20 bits per heavy atom. The molecule has 90 valence electrons. The second-order valence-electron chi connectivity index (χ2n) is 4.73. The summed E-state index contributed by atoms with van der Waals surface area (Å²) in [6.45, 7) is 7.08.